The van der Waals surface area contributed by atoms with Gasteiger partial charge in [-0.1, -0.05) is 38.8 Å². The van der Waals surface area contributed by atoms with Crippen molar-refractivity contribution in [2.24, 2.45) is 11.8 Å². The Hall–Kier alpha value is -2.11. The first-order valence-corrected chi connectivity index (χ1v) is 8.52. The highest BCUT2D eigenvalue weighted by Gasteiger charge is 2.27. The Morgan fingerprint density at radius 3 is 2.76 bits per heavy atom. The zero-order valence-electron chi connectivity index (χ0n) is 14.8. The molecule has 2 rings (SSSR count). The Morgan fingerprint density at radius 1 is 1.32 bits per heavy atom. The van der Waals surface area contributed by atoms with Crippen molar-refractivity contribution in [3.8, 4) is 11.5 Å². The van der Waals surface area contributed by atoms with E-state index < -0.39 is 6.61 Å². The molecule has 1 N–H and O–H groups in total. The minimum Gasteiger partial charge on any atom is -0.493 e. The molecular weight excluding hydrogens is 328 g/mol. The molecule has 138 valence electrons. The van der Waals surface area contributed by atoms with E-state index in [1.54, 1.807) is 12.1 Å². The first-order chi connectivity index (χ1) is 11.9. The van der Waals surface area contributed by atoms with Crippen molar-refractivity contribution in [1.82, 2.24) is 5.32 Å². The van der Waals surface area contributed by atoms with Gasteiger partial charge >= 0.3 is 6.61 Å². The summed E-state index contributed by atoms with van der Waals surface area (Å²) < 4.78 is 34.8. The van der Waals surface area contributed by atoms with E-state index in [1.165, 1.54) is 31.7 Å². The van der Waals surface area contributed by atoms with Gasteiger partial charge < -0.3 is 14.8 Å². The number of alkyl halides is 2. The van der Waals surface area contributed by atoms with Gasteiger partial charge in [-0.15, -0.1) is 0 Å². The molecule has 0 aromatic heterocycles. The second-order valence-corrected chi connectivity index (χ2v) is 6.47. The molecule has 1 saturated carbocycles. The van der Waals surface area contributed by atoms with Crippen molar-refractivity contribution in [2.45, 2.75) is 45.8 Å². The molecule has 6 heteroatoms. The monoisotopic (exact) mass is 353 g/mol. The topological polar surface area (TPSA) is 47.6 Å². The highest BCUT2D eigenvalue weighted by Crippen LogP contribution is 2.33. The zero-order chi connectivity index (χ0) is 18.4. The summed E-state index contributed by atoms with van der Waals surface area (Å²) in [6.45, 7) is 1.37. The Morgan fingerprint density at radius 2 is 2.08 bits per heavy atom. The molecular formula is C19H25F2NO3. The van der Waals surface area contributed by atoms with E-state index in [1.807, 2.05) is 0 Å². The van der Waals surface area contributed by atoms with Crippen LogP contribution in [0.5, 0.6) is 11.5 Å². The number of nitrogens with one attached hydrogen (secondary N) is 1. The summed E-state index contributed by atoms with van der Waals surface area (Å²) in [5, 5.41) is 3.01. The van der Waals surface area contributed by atoms with Crippen LogP contribution >= 0.6 is 0 Å². The largest absolute Gasteiger partial charge is 0.493 e. The number of halogens is 2. The lowest BCUT2D eigenvalue weighted by Crippen LogP contribution is -2.43. The van der Waals surface area contributed by atoms with Crippen LogP contribution in [-0.4, -0.2) is 25.7 Å². The van der Waals surface area contributed by atoms with Crippen LogP contribution in [0, 0.1) is 11.8 Å². The second-order valence-electron chi connectivity index (χ2n) is 6.47. The van der Waals surface area contributed by atoms with Crippen LogP contribution in [0.3, 0.4) is 0 Å². The molecule has 1 aliphatic carbocycles. The fourth-order valence-electron chi connectivity index (χ4n) is 3.22. The van der Waals surface area contributed by atoms with Crippen molar-refractivity contribution >= 4 is 12.0 Å². The fraction of sp³-hybridized carbons (Fsp3) is 0.526. The first kappa shape index (κ1) is 19.2. The normalized spacial score (nSPS) is 23.7. The number of carbonyl (C=O) groups is 1. The number of amides is 1. The average Bonchev–Trinajstić information content (AvgIpc) is 2.57. The van der Waals surface area contributed by atoms with Gasteiger partial charge in [0.25, 0.3) is 0 Å². The molecule has 3 atom stereocenters. The van der Waals surface area contributed by atoms with Crippen molar-refractivity contribution in [2.75, 3.05) is 7.11 Å². The quantitative estimate of drug-likeness (QED) is 0.778. The third-order valence-electron chi connectivity index (χ3n) is 4.88. The van der Waals surface area contributed by atoms with Crippen molar-refractivity contribution in [1.29, 1.82) is 0 Å². The van der Waals surface area contributed by atoms with Gasteiger partial charge in [0.1, 0.15) is 0 Å². The van der Waals surface area contributed by atoms with Gasteiger partial charge in [-0.25, -0.2) is 0 Å². The number of benzene rings is 1. The van der Waals surface area contributed by atoms with Crippen LogP contribution in [0.25, 0.3) is 6.08 Å². The predicted molar refractivity (Wildman–Crippen MR) is 92.8 cm³/mol. The zero-order valence-corrected chi connectivity index (χ0v) is 14.8. The van der Waals surface area contributed by atoms with Crippen molar-refractivity contribution in [3.05, 3.63) is 29.8 Å². The number of hydrogen-bond donors (Lipinski definition) is 1. The molecule has 0 bridgehead atoms. The average molecular weight is 353 g/mol. The highest BCUT2D eigenvalue weighted by molar-refractivity contribution is 5.92. The Balaban J connectivity index is 2.09. The second kappa shape index (κ2) is 8.83. The van der Waals surface area contributed by atoms with Crippen LogP contribution in [0.1, 0.15) is 38.7 Å². The molecule has 4 nitrogen and oxygen atoms in total. The molecule has 25 heavy (non-hydrogen) atoms. The molecule has 1 aromatic rings. The fourth-order valence-corrected chi connectivity index (χ4v) is 3.22. The minimum absolute atomic E-state index is 0.0799. The highest BCUT2D eigenvalue weighted by atomic mass is 19.3. The van der Waals surface area contributed by atoms with Crippen molar-refractivity contribution < 1.29 is 23.0 Å². The molecule has 1 aliphatic rings. The summed E-state index contributed by atoms with van der Waals surface area (Å²) >= 11 is 0. The predicted octanol–water partition coefficient (Wildman–Crippen LogP) is 4.25. The molecule has 1 amide bonds. The molecule has 0 saturated heterocycles. The van der Waals surface area contributed by atoms with E-state index in [-0.39, 0.29) is 23.4 Å². The standard InChI is InChI=1S/C19H25F2NO3/c1-12-6-4-8-15(13(12)2)22-17(23)11-10-14-7-5-9-16(24-3)18(14)25-19(20)21/h5,7,9-13,15,19H,4,6,8H2,1-3H3,(H,22,23)/b11-10+/t12-,13+,15+/m1/s1. The van der Waals surface area contributed by atoms with Gasteiger partial charge in [0.15, 0.2) is 11.5 Å². The molecule has 0 unspecified atom stereocenters. The minimum atomic E-state index is -2.97. The van der Waals surface area contributed by atoms with Gasteiger partial charge in [0, 0.05) is 17.7 Å². The van der Waals surface area contributed by atoms with Gasteiger partial charge in [0.2, 0.25) is 5.91 Å². The van der Waals surface area contributed by atoms with Crippen LogP contribution in [0.15, 0.2) is 24.3 Å². The van der Waals surface area contributed by atoms with Gasteiger partial charge in [-0.3, -0.25) is 4.79 Å². The molecule has 1 aromatic carbocycles. The van der Waals surface area contributed by atoms with Gasteiger partial charge in [-0.05, 0) is 30.4 Å². The molecule has 0 aliphatic heterocycles. The van der Waals surface area contributed by atoms with Crippen LogP contribution < -0.4 is 14.8 Å². The smallest absolute Gasteiger partial charge is 0.387 e. The summed E-state index contributed by atoms with van der Waals surface area (Å²) in [5.74, 6) is 0.867. The van der Waals surface area contributed by atoms with Crippen LogP contribution in [0.4, 0.5) is 8.78 Å². The maximum Gasteiger partial charge on any atom is 0.387 e. The Labute approximate surface area is 147 Å². The number of methoxy groups -OCH3 is 1. The summed E-state index contributed by atoms with van der Waals surface area (Å²) in [4.78, 5) is 12.2. The van der Waals surface area contributed by atoms with Crippen LogP contribution in [0.2, 0.25) is 0 Å². The molecule has 0 heterocycles. The summed E-state index contributed by atoms with van der Waals surface area (Å²) in [6.07, 6.45) is 6.06. The summed E-state index contributed by atoms with van der Waals surface area (Å²) in [6, 6.07) is 4.91. The maximum absolute atomic E-state index is 12.6. The maximum atomic E-state index is 12.6. The lowest BCUT2D eigenvalue weighted by Gasteiger charge is -2.34. The van der Waals surface area contributed by atoms with Crippen molar-refractivity contribution in [3.63, 3.8) is 0 Å². The van der Waals surface area contributed by atoms with Gasteiger partial charge in [-0.2, -0.15) is 8.78 Å². The first-order valence-electron chi connectivity index (χ1n) is 8.52. The van der Waals surface area contributed by atoms with E-state index in [0.29, 0.717) is 17.4 Å². The molecule has 0 spiro atoms. The SMILES string of the molecule is COc1cccc(/C=C/C(=O)N[C@H]2CCC[C@@H](C)[C@@H]2C)c1OC(F)F. The number of para-hydroxylation sites is 1. The van der Waals surface area contributed by atoms with E-state index in [9.17, 15) is 13.6 Å². The number of hydrogen-bond acceptors (Lipinski definition) is 3. The van der Waals surface area contributed by atoms with E-state index in [4.69, 9.17) is 4.74 Å². The Kier molecular flexibility index (Phi) is 6.79. The van der Waals surface area contributed by atoms with Crippen LogP contribution in [-0.2, 0) is 4.79 Å². The molecule has 0 radical (unpaired) electrons. The van der Waals surface area contributed by atoms with E-state index in [2.05, 4.69) is 23.9 Å². The third kappa shape index (κ3) is 5.18. The Bertz CT molecular complexity index is 619. The third-order valence-corrected chi connectivity index (χ3v) is 4.88. The number of carbonyl (C=O) groups excluding carboxylic acids is 1. The number of rotatable bonds is 6. The van der Waals surface area contributed by atoms with E-state index >= 15 is 0 Å². The lowest BCUT2D eigenvalue weighted by molar-refractivity contribution is -0.117. The van der Waals surface area contributed by atoms with Gasteiger partial charge in [0.05, 0.1) is 7.11 Å². The lowest BCUT2D eigenvalue weighted by atomic mass is 9.78. The number of ether oxygens (including phenoxy) is 2. The summed E-state index contributed by atoms with van der Waals surface area (Å²) in [7, 11) is 1.37. The summed E-state index contributed by atoms with van der Waals surface area (Å²) in [5.41, 5.74) is 0.361. The molecule has 1 fully saturated rings. The van der Waals surface area contributed by atoms with E-state index in [0.717, 1.165) is 12.8 Å².